The van der Waals surface area contributed by atoms with Crippen LogP contribution in [0.25, 0.3) is 28.0 Å². The second kappa shape index (κ2) is 13.1. The number of ether oxygens (including phenoxy) is 3. The fraction of sp³-hybridized carbons (Fsp3) is 0.486. The molecule has 3 aliphatic rings. The molecule has 9 nitrogen and oxygen atoms in total. The summed E-state index contributed by atoms with van der Waals surface area (Å²) >= 11 is 0. The first-order valence-electron chi connectivity index (χ1n) is 16.7. The molecule has 2 aromatic heterocycles. The van der Waals surface area contributed by atoms with Crippen molar-refractivity contribution >= 4 is 17.4 Å². The summed E-state index contributed by atoms with van der Waals surface area (Å²) in [6.07, 6.45) is 2.25. The standard InChI is InChI=1S/C37H44F2N4O5/c1-22-10-7-8-17-46-37(6)13-15-42(16-14-37)34-31(33(35(44)45)48-36(3,4)5)23(2)40-30-21-28(41-43(30)34)24-11-9-12-25(18-24)32-27(39)19-26(38)20-29(32)47-22/h9,11-12,18-22,33H,7-8,10,13-17H2,1-6H3,(H,44,45)/t22-,33-/m0/s1. The minimum Gasteiger partial charge on any atom is -0.490 e. The van der Waals surface area contributed by atoms with Gasteiger partial charge in [-0.3, -0.25) is 0 Å². The van der Waals surface area contributed by atoms with Gasteiger partial charge in [-0.1, -0.05) is 18.2 Å². The topological polar surface area (TPSA) is 98.4 Å². The molecule has 1 fully saturated rings. The number of aliphatic carboxylic acids is 1. The molecular weight excluding hydrogens is 618 g/mol. The second-order valence-electron chi connectivity index (χ2n) is 14.2. The molecule has 0 spiro atoms. The van der Waals surface area contributed by atoms with Crippen molar-refractivity contribution in [1.82, 2.24) is 14.6 Å². The first-order chi connectivity index (χ1) is 22.7. The van der Waals surface area contributed by atoms with E-state index in [-0.39, 0.29) is 23.0 Å². The average molecular weight is 663 g/mol. The maximum atomic E-state index is 15.5. The van der Waals surface area contributed by atoms with E-state index in [9.17, 15) is 14.3 Å². The number of hydrogen-bond acceptors (Lipinski definition) is 7. The maximum absolute atomic E-state index is 15.5. The molecule has 11 heteroatoms. The van der Waals surface area contributed by atoms with Crippen molar-refractivity contribution in [2.45, 2.75) is 97.1 Å². The lowest BCUT2D eigenvalue weighted by atomic mass is 9.92. The zero-order valence-corrected chi connectivity index (χ0v) is 28.5. The highest BCUT2D eigenvalue weighted by atomic mass is 19.1. The van der Waals surface area contributed by atoms with E-state index < -0.39 is 29.3 Å². The van der Waals surface area contributed by atoms with Gasteiger partial charge in [0.15, 0.2) is 11.8 Å². The van der Waals surface area contributed by atoms with Crippen LogP contribution in [0.3, 0.4) is 0 Å². The van der Waals surface area contributed by atoms with Crippen molar-refractivity contribution < 1.29 is 32.9 Å². The van der Waals surface area contributed by atoms with Crippen LogP contribution in [0.15, 0.2) is 42.5 Å². The molecule has 6 bridgehead atoms. The number of carboxylic acid groups (broad SMARTS) is 1. The van der Waals surface area contributed by atoms with Gasteiger partial charge in [-0.2, -0.15) is 9.61 Å². The number of rotatable bonds is 3. The summed E-state index contributed by atoms with van der Waals surface area (Å²) in [5.41, 5.74) is 2.34. The Labute approximate surface area is 279 Å². The molecule has 4 aromatic rings. The number of halogens is 2. The molecule has 2 atom stereocenters. The van der Waals surface area contributed by atoms with Crippen LogP contribution in [0.2, 0.25) is 0 Å². The Bertz CT molecular complexity index is 1830. The number of anilines is 1. The van der Waals surface area contributed by atoms with Crippen LogP contribution in [-0.4, -0.2) is 62.7 Å². The Kier molecular flexibility index (Phi) is 9.21. The Hall–Kier alpha value is -4.09. The summed E-state index contributed by atoms with van der Waals surface area (Å²) in [6, 6.07) is 11.1. The van der Waals surface area contributed by atoms with Crippen molar-refractivity contribution in [2.24, 2.45) is 0 Å². The number of aryl methyl sites for hydroxylation is 1. The number of benzene rings is 2. The molecule has 1 N–H and O–H groups in total. The first-order valence-corrected chi connectivity index (χ1v) is 16.7. The highest BCUT2D eigenvalue weighted by Crippen LogP contribution is 2.40. The van der Waals surface area contributed by atoms with E-state index in [4.69, 9.17) is 24.3 Å². The Morgan fingerprint density at radius 1 is 1.10 bits per heavy atom. The fourth-order valence-corrected chi connectivity index (χ4v) is 6.67. The van der Waals surface area contributed by atoms with E-state index in [0.29, 0.717) is 65.7 Å². The largest absolute Gasteiger partial charge is 0.490 e. The Balaban J connectivity index is 1.55. The van der Waals surface area contributed by atoms with Crippen LogP contribution in [-0.2, 0) is 14.3 Å². The summed E-state index contributed by atoms with van der Waals surface area (Å²) in [6.45, 7) is 13.1. The Morgan fingerprint density at radius 3 is 2.54 bits per heavy atom. The van der Waals surface area contributed by atoms with E-state index in [1.54, 1.807) is 29.6 Å². The molecule has 48 heavy (non-hydrogen) atoms. The van der Waals surface area contributed by atoms with Crippen LogP contribution in [0.4, 0.5) is 14.6 Å². The van der Waals surface area contributed by atoms with Gasteiger partial charge < -0.3 is 24.2 Å². The van der Waals surface area contributed by atoms with Gasteiger partial charge >= 0.3 is 5.97 Å². The van der Waals surface area contributed by atoms with E-state index in [0.717, 1.165) is 31.7 Å². The van der Waals surface area contributed by atoms with Crippen LogP contribution < -0.4 is 9.64 Å². The quantitative estimate of drug-likeness (QED) is 0.236. The van der Waals surface area contributed by atoms with E-state index in [1.165, 1.54) is 6.07 Å². The first kappa shape index (κ1) is 33.8. The predicted octanol–water partition coefficient (Wildman–Crippen LogP) is 7.92. The van der Waals surface area contributed by atoms with E-state index in [2.05, 4.69) is 11.8 Å². The second-order valence-corrected chi connectivity index (χ2v) is 14.2. The van der Waals surface area contributed by atoms with Gasteiger partial charge in [0.05, 0.1) is 34.1 Å². The lowest BCUT2D eigenvalue weighted by Gasteiger charge is -2.41. The summed E-state index contributed by atoms with van der Waals surface area (Å²) < 4.78 is 50.4. The van der Waals surface area contributed by atoms with Gasteiger partial charge in [0.2, 0.25) is 0 Å². The van der Waals surface area contributed by atoms with Crippen molar-refractivity contribution in [1.29, 1.82) is 0 Å². The molecule has 1 saturated heterocycles. The zero-order valence-electron chi connectivity index (χ0n) is 28.5. The van der Waals surface area contributed by atoms with Gasteiger partial charge in [0.1, 0.15) is 23.2 Å². The van der Waals surface area contributed by atoms with Crippen LogP contribution in [0.1, 0.15) is 84.1 Å². The van der Waals surface area contributed by atoms with Crippen molar-refractivity contribution in [3.05, 3.63) is 65.4 Å². The van der Waals surface area contributed by atoms with Gasteiger partial charge in [-0.05, 0) is 85.3 Å². The van der Waals surface area contributed by atoms with Crippen molar-refractivity contribution in [3.8, 4) is 28.1 Å². The Morgan fingerprint density at radius 2 is 1.83 bits per heavy atom. The normalized spacial score (nSPS) is 21.2. The highest BCUT2D eigenvalue weighted by Gasteiger charge is 2.38. The smallest absolute Gasteiger partial charge is 0.337 e. The van der Waals surface area contributed by atoms with Gasteiger partial charge in [-0.15, -0.1) is 0 Å². The molecule has 5 heterocycles. The van der Waals surface area contributed by atoms with Crippen LogP contribution in [0.5, 0.6) is 5.75 Å². The zero-order chi connectivity index (χ0) is 34.4. The molecule has 0 saturated carbocycles. The number of fused-ring (bicyclic) bond motifs is 8. The molecule has 7 rings (SSSR count). The number of aromatic nitrogens is 3. The van der Waals surface area contributed by atoms with E-state index >= 15 is 4.39 Å². The molecule has 256 valence electrons. The molecule has 0 amide bonds. The number of hydrogen-bond donors (Lipinski definition) is 1. The lowest BCUT2D eigenvalue weighted by Crippen LogP contribution is -2.46. The van der Waals surface area contributed by atoms with Crippen LogP contribution >= 0.6 is 0 Å². The minimum absolute atomic E-state index is 0.137. The third kappa shape index (κ3) is 7.03. The summed E-state index contributed by atoms with van der Waals surface area (Å²) in [4.78, 5) is 19.8. The number of piperidine rings is 1. The monoisotopic (exact) mass is 662 g/mol. The summed E-state index contributed by atoms with van der Waals surface area (Å²) in [7, 11) is 0. The molecular formula is C37H44F2N4O5. The van der Waals surface area contributed by atoms with Gasteiger partial charge in [0, 0.05) is 49.2 Å². The number of carbonyl (C=O) groups is 1. The predicted molar refractivity (Wildman–Crippen MR) is 179 cm³/mol. The SMILES string of the molecule is Cc1nc2cc3nn2c(c1[C@H](OC(C)(C)C)C(=O)O)N1CCC(C)(CC1)OCCCC[C@H](C)Oc1cc(F)cc(F)c1-c1cccc-3c1. The molecule has 0 aliphatic carbocycles. The number of nitrogens with zero attached hydrogens (tertiary/aromatic N) is 4. The fourth-order valence-electron chi connectivity index (χ4n) is 6.67. The molecule has 3 aliphatic heterocycles. The molecule has 0 unspecified atom stereocenters. The molecule has 2 aromatic carbocycles. The maximum Gasteiger partial charge on any atom is 0.337 e. The third-order valence-electron chi connectivity index (χ3n) is 9.13. The minimum atomic E-state index is -1.29. The van der Waals surface area contributed by atoms with Gasteiger partial charge in [-0.25, -0.2) is 18.6 Å². The van der Waals surface area contributed by atoms with Gasteiger partial charge in [0.25, 0.3) is 0 Å². The van der Waals surface area contributed by atoms with Crippen LogP contribution in [0, 0.1) is 18.6 Å². The van der Waals surface area contributed by atoms with Crippen molar-refractivity contribution in [2.75, 3.05) is 24.6 Å². The lowest BCUT2D eigenvalue weighted by molar-refractivity contribution is -0.160. The van der Waals surface area contributed by atoms with E-state index in [1.807, 2.05) is 39.8 Å². The average Bonchev–Trinajstić information content (AvgIpc) is 3.42. The highest BCUT2D eigenvalue weighted by molar-refractivity contribution is 5.80. The third-order valence-corrected chi connectivity index (χ3v) is 9.13. The molecule has 0 radical (unpaired) electrons. The number of carboxylic acids is 1. The summed E-state index contributed by atoms with van der Waals surface area (Å²) in [5.74, 6) is -1.80. The van der Waals surface area contributed by atoms with Crippen molar-refractivity contribution in [3.63, 3.8) is 0 Å². The summed E-state index contributed by atoms with van der Waals surface area (Å²) in [5, 5.41) is 15.4.